The molecule has 1 aromatic rings. The Morgan fingerprint density at radius 1 is 1.24 bits per heavy atom. The number of nitrogens with zero attached hydrogens (tertiary/aromatic N) is 1. The van der Waals surface area contributed by atoms with Crippen molar-refractivity contribution < 1.29 is 9.84 Å². The predicted octanol–water partition coefficient (Wildman–Crippen LogP) is 4.01. The molecule has 1 aromatic carbocycles. The summed E-state index contributed by atoms with van der Waals surface area (Å²) < 4.78 is 5.43. The molecule has 1 heterocycles. The number of methoxy groups -OCH3 is 1. The van der Waals surface area contributed by atoms with E-state index in [1.54, 1.807) is 7.11 Å². The van der Waals surface area contributed by atoms with E-state index in [9.17, 15) is 5.11 Å². The van der Waals surface area contributed by atoms with Crippen molar-refractivity contribution >= 4 is 5.69 Å². The number of ether oxygens (including phenoxy) is 1. The highest BCUT2D eigenvalue weighted by atomic mass is 16.5. The first-order valence-electron chi connectivity index (χ1n) is 7.94. The second-order valence-corrected chi connectivity index (χ2v) is 7.20. The van der Waals surface area contributed by atoms with Gasteiger partial charge in [-0.15, -0.1) is 0 Å². The van der Waals surface area contributed by atoms with E-state index in [0.717, 1.165) is 36.0 Å². The van der Waals surface area contributed by atoms with Crippen molar-refractivity contribution in [1.29, 1.82) is 0 Å². The Labute approximate surface area is 128 Å². The molecule has 0 bridgehead atoms. The number of hydrogen-bond acceptors (Lipinski definition) is 3. The first-order valence-corrected chi connectivity index (χ1v) is 7.94. The normalized spacial score (nSPS) is 18.7. The van der Waals surface area contributed by atoms with Gasteiger partial charge in [-0.25, -0.2) is 0 Å². The van der Waals surface area contributed by atoms with Gasteiger partial charge < -0.3 is 14.7 Å². The Kier molecular flexibility index (Phi) is 4.82. The zero-order chi connectivity index (χ0) is 15.6. The highest BCUT2D eigenvalue weighted by Gasteiger charge is 2.30. The molecule has 3 nitrogen and oxygen atoms in total. The van der Waals surface area contributed by atoms with E-state index in [-0.39, 0.29) is 0 Å². The summed E-state index contributed by atoms with van der Waals surface area (Å²) >= 11 is 0. The van der Waals surface area contributed by atoms with Gasteiger partial charge in [0.15, 0.2) is 0 Å². The molecule has 1 N–H and O–H groups in total. The molecule has 0 spiro atoms. The molecule has 1 saturated heterocycles. The van der Waals surface area contributed by atoms with Gasteiger partial charge in [0.1, 0.15) is 5.75 Å². The standard InChI is InChI=1S/C18H29NO2/c1-13(20)17-15(7-6-8-16(17)21-5)19-11-9-14(10-12-19)18(2,3)4/h6-8,13-14,20H,9-12H2,1-5H3. The summed E-state index contributed by atoms with van der Waals surface area (Å²) in [7, 11) is 1.66. The molecule has 0 amide bonds. The average Bonchev–Trinajstić information content (AvgIpc) is 2.45. The van der Waals surface area contributed by atoms with Gasteiger partial charge in [-0.05, 0) is 43.2 Å². The number of anilines is 1. The van der Waals surface area contributed by atoms with E-state index in [0.29, 0.717) is 5.41 Å². The third-order valence-electron chi connectivity index (χ3n) is 4.74. The predicted molar refractivity (Wildman–Crippen MR) is 88.0 cm³/mol. The molecule has 1 atom stereocenters. The largest absolute Gasteiger partial charge is 0.496 e. The van der Waals surface area contributed by atoms with Crippen LogP contribution in [0.4, 0.5) is 5.69 Å². The fraction of sp³-hybridized carbons (Fsp3) is 0.667. The van der Waals surface area contributed by atoms with Crippen molar-refractivity contribution in [3.8, 4) is 5.75 Å². The maximum atomic E-state index is 10.1. The number of piperidine rings is 1. The number of aliphatic hydroxyl groups excluding tert-OH is 1. The molecule has 1 unspecified atom stereocenters. The van der Waals surface area contributed by atoms with Crippen LogP contribution in [0.25, 0.3) is 0 Å². The fourth-order valence-electron chi connectivity index (χ4n) is 3.39. The molecular weight excluding hydrogens is 262 g/mol. The number of hydrogen-bond donors (Lipinski definition) is 1. The van der Waals surface area contributed by atoms with Gasteiger partial charge >= 0.3 is 0 Å². The lowest BCUT2D eigenvalue weighted by Gasteiger charge is -2.40. The van der Waals surface area contributed by atoms with E-state index in [1.807, 2.05) is 19.1 Å². The Morgan fingerprint density at radius 3 is 2.33 bits per heavy atom. The van der Waals surface area contributed by atoms with Crippen LogP contribution in [0.2, 0.25) is 0 Å². The summed E-state index contributed by atoms with van der Waals surface area (Å²) in [5.74, 6) is 1.55. The molecule has 21 heavy (non-hydrogen) atoms. The van der Waals surface area contributed by atoms with Crippen LogP contribution < -0.4 is 9.64 Å². The Balaban J connectivity index is 2.21. The quantitative estimate of drug-likeness (QED) is 0.913. The third kappa shape index (κ3) is 3.52. The van der Waals surface area contributed by atoms with Crippen LogP contribution in [0.15, 0.2) is 18.2 Å². The molecule has 1 aliphatic rings. The lowest BCUT2D eigenvalue weighted by molar-refractivity contribution is 0.190. The van der Waals surface area contributed by atoms with Crippen molar-refractivity contribution in [3.63, 3.8) is 0 Å². The zero-order valence-corrected chi connectivity index (χ0v) is 14.0. The topological polar surface area (TPSA) is 32.7 Å². The van der Waals surface area contributed by atoms with E-state index in [2.05, 4.69) is 31.7 Å². The molecule has 1 aliphatic heterocycles. The summed E-state index contributed by atoms with van der Waals surface area (Å²) in [5.41, 5.74) is 2.42. The van der Waals surface area contributed by atoms with Gasteiger partial charge in [-0.1, -0.05) is 26.8 Å². The Hall–Kier alpha value is -1.22. The van der Waals surface area contributed by atoms with Crippen LogP contribution in [0, 0.1) is 11.3 Å². The molecule has 1 fully saturated rings. The van der Waals surface area contributed by atoms with Crippen LogP contribution in [0.1, 0.15) is 52.2 Å². The van der Waals surface area contributed by atoms with E-state index < -0.39 is 6.10 Å². The number of benzene rings is 1. The maximum Gasteiger partial charge on any atom is 0.126 e. The third-order valence-corrected chi connectivity index (χ3v) is 4.74. The monoisotopic (exact) mass is 291 g/mol. The minimum absolute atomic E-state index is 0.383. The van der Waals surface area contributed by atoms with Crippen LogP contribution in [-0.2, 0) is 0 Å². The maximum absolute atomic E-state index is 10.1. The molecule has 2 rings (SSSR count). The molecule has 0 radical (unpaired) electrons. The van der Waals surface area contributed by atoms with Crippen LogP contribution in [-0.4, -0.2) is 25.3 Å². The second-order valence-electron chi connectivity index (χ2n) is 7.20. The fourth-order valence-corrected chi connectivity index (χ4v) is 3.39. The van der Waals surface area contributed by atoms with Crippen LogP contribution >= 0.6 is 0 Å². The smallest absolute Gasteiger partial charge is 0.126 e. The van der Waals surface area contributed by atoms with Crippen molar-refractivity contribution in [2.24, 2.45) is 11.3 Å². The molecule has 0 aromatic heterocycles. The summed E-state index contributed by atoms with van der Waals surface area (Å²) in [6.45, 7) is 10.9. The van der Waals surface area contributed by atoms with E-state index in [4.69, 9.17) is 4.74 Å². The van der Waals surface area contributed by atoms with Gasteiger partial charge in [0.25, 0.3) is 0 Å². The highest BCUT2D eigenvalue weighted by Crippen LogP contribution is 2.39. The molecular formula is C18H29NO2. The van der Waals surface area contributed by atoms with Crippen LogP contribution in [0.5, 0.6) is 5.75 Å². The van der Waals surface area contributed by atoms with Gasteiger partial charge in [-0.2, -0.15) is 0 Å². The Bertz CT molecular complexity index is 469. The number of aliphatic hydroxyl groups is 1. The van der Waals surface area contributed by atoms with Gasteiger partial charge in [-0.3, -0.25) is 0 Å². The molecule has 3 heteroatoms. The minimum atomic E-state index is -0.517. The summed E-state index contributed by atoms with van der Waals surface area (Å²) in [4.78, 5) is 2.40. The van der Waals surface area contributed by atoms with Crippen molar-refractivity contribution in [3.05, 3.63) is 23.8 Å². The van der Waals surface area contributed by atoms with E-state index >= 15 is 0 Å². The lowest BCUT2D eigenvalue weighted by Crippen LogP contribution is -2.38. The minimum Gasteiger partial charge on any atom is -0.496 e. The summed E-state index contributed by atoms with van der Waals surface area (Å²) in [6.07, 6.45) is 1.90. The number of rotatable bonds is 3. The molecule has 0 saturated carbocycles. The van der Waals surface area contributed by atoms with Gasteiger partial charge in [0, 0.05) is 24.3 Å². The van der Waals surface area contributed by atoms with E-state index in [1.165, 1.54) is 12.8 Å². The molecule has 118 valence electrons. The lowest BCUT2D eigenvalue weighted by atomic mass is 9.75. The van der Waals surface area contributed by atoms with Gasteiger partial charge in [0.05, 0.1) is 13.2 Å². The highest BCUT2D eigenvalue weighted by molar-refractivity contribution is 5.60. The van der Waals surface area contributed by atoms with Crippen molar-refractivity contribution in [2.75, 3.05) is 25.1 Å². The summed E-state index contributed by atoms with van der Waals surface area (Å²) in [5, 5.41) is 10.1. The SMILES string of the molecule is COc1cccc(N2CCC(C(C)(C)C)CC2)c1C(C)O. The van der Waals surface area contributed by atoms with Crippen molar-refractivity contribution in [1.82, 2.24) is 0 Å². The average molecular weight is 291 g/mol. The zero-order valence-electron chi connectivity index (χ0n) is 14.0. The Morgan fingerprint density at radius 2 is 1.86 bits per heavy atom. The first kappa shape index (κ1) is 16.2. The summed E-state index contributed by atoms with van der Waals surface area (Å²) in [6, 6.07) is 6.03. The first-order chi connectivity index (χ1) is 9.84. The van der Waals surface area contributed by atoms with Crippen molar-refractivity contribution in [2.45, 2.75) is 46.6 Å². The second kappa shape index (κ2) is 6.27. The van der Waals surface area contributed by atoms with Crippen LogP contribution in [0.3, 0.4) is 0 Å². The van der Waals surface area contributed by atoms with Gasteiger partial charge in [0.2, 0.25) is 0 Å². The molecule has 0 aliphatic carbocycles.